The maximum atomic E-state index is 12.1. The summed E-state index contributed by atoms with van der Waals surface area (Å²) in [7, 11) is 0. The van der Waals surface area contributed by atoms with E-state index < -0.39 is 0 Å². The molecule has 0 heterocycles. The minimum Gasteiger partial charge on any atom is -0.393 e. The fraction of sp³-hybridized carbons (Fsp3) is 0.867. The zero-order valence-corrected chi connectivity index (χ0v) is 13.1. The largest absolute Gasteiger partial charge is 0.393 e. The Morgan fingerprint density at radius 1 is 1.37 bits per heavy atom. The Kier molecular flexibility index (Phi) is 7.36. The minimum absolute atomic E-state index is 0.0832. The third-order valence-electron chi connectivity index (χ3n) is 4.25. The van der Waals surface area contributed by atoms with Crippen LogP contribution in [-0.4, -0.2) is 17.4 Å². The fourth-order valence-electron chi connectivity index (χ4n) is 2.70. The van der Waals surface area contributed by atoms with E-state index in [1.165, 1.54) is 32.1 Å². The van der Waals surface area contributed by atoms with Crippen molar-refractivity contribution in [2.45, 2.75) is 58.8 Å². The van der Waals surface area contributed by atoms with Gasteiger partial charge in [-0.3, -0.25) is 4.79 Å². The lowest BCUT2D eigenvalue weighted by Gasteiger charge is -2.28. The molecule has 3 N–H and O–H groups in total. The molecule has 0 aromatic carbocycles. The van der Waals surface area contributed by atoms with Gasteiger partial charge in [-0.15, -0.1) is 0 Å². The Labute approximate surface area is 122 Å². The third-order valence-corrected chi connectivity index (χ3v) is 4.65. The highest BCUT2D eigenvalue weighted by Gasteiger charge is 2.26. The Bertz CT molecular complexity index is 299. The van der Waals surface area contributed by atoms with Crippen LogP contribution in [0.2, 0.25) is 0 Å². The number of rotatable bonds is 7. The number of hydrogen-bond acceptors (Lipinski definition) is 2. The lowest BCUT2D eigenvalue weighted by Crippen LogP contribution is -2.38. The molecule has 1 rings (SSSR count). The van der Waals surface area contributed by atoms with Crippen molar-refractivity contribution >= 4 is 23.1 Å². The molecule has 0 aromatic rings. The van der Waals surface area contributed by atoms with Gasteiger partial charge in [0, 0.05) is 18.4 Å². The quantitative estimate of drug-likeness (QED) is 0.707. The zero-order valence-electron chi connectivity index (χ0n) is 12.3. The number of hydrogen-bond donors (Lipinski definition) is 2. The predicted octanol–water partition coefficient (Wildman–Crippen LogP) is 3.02. The molecule has 0 spiro atoms. The first-order valence-corrected chi connectivity index (χ1v) is 8.02. The van der Waals surface area contributed by atoms with Crippen LogP contribution in [0, 0.1) is 17.8 Å². The highest BCUT2D eigenvalue weighted by Crippen LogP contribution is 2.31. The van der Waals surface area contributed by atoms with Crippen molar-refractivity contribution in [3.05, 3.63) is 0 Å². The molecule has 0 saturated heterocycles. The molecule has 0 bridgehead atoms. The third kappa shape index (κ3) is 5.89. The molecular weight excluding hydrogens is 256 g/mol. The second-order valence-corrected chi connectivity index (χ2v) is 6.38. The van der Waals surface area contributed by atoms with Crippen molar-refractivity contribution in [1.29, 1.82) is 0 Å². The number of amides is 1. The van der Waals surface area contributed by atoms with Crippen molar-refractivity contribution in [3.63, 3.8) is 0 Å². The van der Waals surface area contributed by atoms with E-state index in [1.54, 1.807) is 0 Å². The summed E-state index contributed by atoms with van der Waals surface area (Å²) < 4.78 is 0. The lowest BCUT2D eigenvalue weighted by molar-refractivity contribution is -0.126. The molecule has 1 unspecified atom stereocenters. The van der Waals surface area contributed by atoms with Crippen LogP contribution in [0.4, 0.5) is 0 Å². The van der Waals surface area contributed by atoms with Crippen molar-refractivity contribution in [1.82, 2.24) is 5.32 Å². The first-order valence-electron chi connectivity index (χ1n) is 7.61. The number of carbonyl (C=O) groups excluding carboxylic acids is 1. The van der Waals surface area contributed by atoms with E-state index >= 15 is 0 Å². The first kappa shape index (κ1) is 16.4. The van der Waals surface area contributed by atoms with Crippen molar-refractivity contribution in [2.75, 3.05) is 6.54 Å². The molecule has 1 atom stereocenters. The average Bonchev–Trinajstić information content (AvgIpc) is 2.42. The van der Waals surface area contributed by atoms with Gasteiger partial charge in [0.2, 0.25) is 5.91 Å². The predicted molar refractivity (Wildman–Crippen MR) is 83.9 cm³/mol. The van der Waals surface area contributed by atoms with Crippen molar-refractivity contribution in [2.24, 2.45) is 23.5 Å². The van der Waals surface area contributed by atoms with Crippen LogP contribution < -0.4 is 11.1 Å². The molecule has 1 aliphatic carbocycles. The van der Waals surface area contributed by atoms with Gasteiger partial charge in [-0.05, 0) is 31.6 Å². The first-order chi connectivity index (χ1) is 9.04. The van der Waals surface area contributed by atoms with Crippen LogP contribution in [0.3, 0.4) is 0 Å². The topological polar surface area (TPSA) is 55.1 Å². The Morgan fingerprint density at radius 2 is 2.00 bits per heavy atom. The minimum atomic E-state index is 0.0832. The fourth-order valence-corrected chi connectivity index (χ4v) is 2.79. The normalized spacial score (nSPS) is 24.7. The molecule has 1 fully saturated rings. The SMILES string of the molecule is CCCCC1CCC(C(=O)NCC(C)C(N)=S)CC1. The van der Waals surface area contributed by atoms with E-state index in [-0.39, 0.29) is 17.7 Å². The molecular formula is C15H28N2OS. The molecule has 3 nitrogen and oxygen atoms in total. The van der Waals surface area contributed by atoms with Gasteiger partial charge < -0.3 is 11.1 Å². The Morgan fingerprint density at radius 3 is 2.53 bits per heavy atom. The lowest BCUT2D eigenvalue weighted by atomic mass is 9.79. The Balaban J connectivity index is 2.23. The van der Waals surface area contributed by atoms with Gasteiger partial charge in [-0.2, -0.15) is 0 Å². The van der Waals surface area contributed by atoms with Crippen LogP contribution in [0.1, 0.15) is 58.8 Å². The van der Waals surface area contributed by atoms with Crippen molar-refractivity contribution in [3.8, 4) is 0 Å². The number of thiocarbonyl (C=S) groups is 1. The smallest absolute Gasteiger partial charge is 0.223 e. The van der Waals surface area contributed by atoms with Crippen LogP contribution in [0.5, 0.6) is 0 Å². The Hall–Kier alpha value is -0.640. The summed E-state index contributed by atoms with van der Waals surface area (Å²) in [4.78, 5) is 12.5. The standard InChI is InChI=1S/C15H28N2OS/c1-3-4-5-12-6-8-13(9-7-12)15(18)17-10-11(2)14(16)19/h11-13H,3-10H2,1-2H3,(H2,16,19)(H,17,18). The highest BCUT2D eigenvalue weighted by atomic mass is 32.1. The summed E-state index contributed by atoms with van der Waals surface area (Å²) in [6, 6.07) is 0. The van der Waals surface area contributed by atoms with E-state index in [4.69, 9.17) is 18.0 Å². The molecule has 110 valence electrons. The summed E-state index contributed by atoms with van der Waals surface area (Å²) in [6.45, 7) is 4.76. The van der Waals surface area contributed by atoms with Gasteiger partial charge in [0.25, 0.3) is 0 Å². The summed E-state index contributed by atoms with van der Waals surface area (Å²) in [5.41, 5.74) is 5.55. The average molecular weight is 284 g/mol. The van der Waals surface area contributed by atoms with Gasteiger partial charge in [0.1, 0.15) is 0 Å². The van der Waals surface area contributed by atoms with E-state index in [0.717, 1.165) is 18.8 Å². The van der Waals surface area contributed by atoms with Crippen LogP contribution in [0.25, 0.3) is 0 Å². The van der Waals surface area contributed by atoms with Crippen LogP contribution >= 0.6 is 12.2 Å². The molecule has 1 amide bonds. The molecule has 19 heavy (non-hydrogen) atoms. The summed E-state index contributed by atoms with van der Waals surface area (Å²) in [5.74, 6) is 1.33. The second-order valence-electron chi connectivity index (χ2n) is 5.91. The van der Waals surface area contributed by atoms with Crippen LogP contribution in [0.15, 0.2) is 0 Å². The van der Waals surface area contributed by atoms with Gasteiger partial charge in [0.15, 0.2) is 0 Å². The number of nitrogens with two attached hydrogens (primary N) is 1. The maximum absolute atomic E-state index is 12.1. The van der Waals surface area contributed by atoms with Crippen molar-refractivity contribution < 1.29 is 4.79 Å². The summed E-state index contributed by atoms with van der Waals surface area (Å²) in [6.07, 6.45) is 8.45. The number of carbonyl (C=O) groups is 1. The van der Waals surface area contributed by atoms with Gasteiger partial charge in [0.05, 0.1) is 4.99 Å². The monoisotopic (exact) mass is 284 g/mol. The molecule has 0 radical (unpaired) electrons. The summed E-state index contributed by atoms with van der Waals surface area (Å²) in [5, 5.41) is 2.99. The maximum Gasteiger partial charge on any atom is 0.223 e. The van der Waals surface area contributed by atoms with E-state index in [9.17, 15) is 4.79 Å². The molecule has 1 saturated carbocycles. The zero-order chi connectivity index (χ0) is 14.3. The summed E-state index contributed by atoms with van der Waals surface area (Å²) >= 11 is 4.91. The van der Waals surface area contributed by atoms with Crippen LogP contribution in [-0.2, 0) is 4.79 Å². The number of nitrogens with one attached hydrogen (secondary N) is 1. The van der Waals surface area contributed by atoms with Gasteiger partial charge >= 0.3 is 0 Å². The molecule has 4 heteroatoms. The van der Waals surface area contributed by atoms with E-state index in [2.05, 4.69) is 12.2 Å². The van der Waals surface area contributed by atoms with Gasteiger partial charge in [-0.1, -0.05) is 45.3 Å². The van der Waals surface area contributed by atoms with E-state index in [1.807, 2.05) is 6.92 Å². The van der Waals surface area contributed by atoms with Gasteiger partial charge in [-0.25, -0.2) is 0 Å². The highest BCUT2D eigenvalue weighted by molar-refractivity contribution is 7.80. The molecule has 0 aliphatic heterocycles. The molecule has 0 aromatic heterocycles. The second kappa shape index (κ2) is 8.51. The number of unbranched alkanes of at least 4 members (excludes halogenated alkanes) is 1. The van der Waals surface area contributed by atoms with E-state index in [0.29, 0.717) is 11.5 Å². The molecule has 1 aliphatic rings.